The van der Waals surface area contributed by atoms with Crippen LogP contribution in [0.25, 0.3) is 21.8 Å². The highest BCUT2D eigenvalue weighted by molar-refractivity contribution is 7.85. The second-order valence-corrected chi connectivity index (χ2v) is 9.38. The third-order valence-electron chi connectivity index (χ3n) is 5.10. The number of aromatic nitrogens is 1. The average molecular weight is 367 g/mol. The molecule has 5 aromatic rings. The molecule has 1 N–H and O–H groups in total. The van der Waals surface area contributed by atoms with Crippen LogP contribution in [0, 0.1) is 0 Å². The first kappa shape index (κ1) is 16.1. The lowest BCUT2D eigenvalue weighted by Crippen LogP contribution is -2.25. The van der Waals surface area contributed by atoms with E-state index in [4.69, 9.17) is 0 Å². The van der Waals surface area contributed by atoms with Gasteiger partial charge < -0.3 is 9.55 Å². The molecule has 1 aromatic heterocycles. The Bertz CT molecular complexity index is 1250. The maximum atomic E-state index is 14.7. The van der Waals surface area contributed by atoms with Crippen LogP contribution >= 0.6 is 7.14 Å². The van der Waals surface area contributed by atoms with Crippen molar-refractivity contribution < 1.29 is 4.57 Å². The van der Waals surface area contributed by atoms with Crippen LogP contribution in [-0.2, 0) is 4.57 Å². The minimum Gasteiger partial charge on any atom is -0.354 e. The van der Waals surface area contributed by atoms with Crippen LogP contribution in [0.3, 0.4) is 0 Å². The normalized spacial score (nSPS) is 11.9. The van der Waals surface area contributed by atoms with Gasteiger partial charge in [0, 0.05) is 32.2 Å². The second kappa shape index (κ2) is 6.26. The smallest absolute Gasteiger partial charge is 0.173 e. The first-order valence-electron chi connectivity index (χ1n) is 9.00. The van der Waals surface area contributed by atoms with Crippen molar-refractivity contribution in [3.05, 3.63) is 103 Å². The van der Waals surface area contributed by atoms with E-state index in [2.05, 4.69) is 23.2 Å². The van der Waals surface area contributed by atoms with Crippen molar-refractivity contribution in [1.29, 1.82) is 0 Å². The molecule has 0 saturated carbocycles. The molecule has 130 valence electrons. The van der Waals surface area contributed by atoms with Crippen molar-refractivity contribution in [3.8, 4) is 0 Å². The first-order chi connectivity index (χ1) is 13.3. The molecule has 0 unspecified atom stereocenters. The van der Waals surface area contributed by atoms with Gasteiger partial charge in [-0.15, -0.1) is 0 Å². The van der Waals surface area contributed by atoms with Gasteiger partial charge in [0.05, 0.1) is 5.52 Å². The molecule has 0 amide bonds. The second-order valence-electron chi connectivity index (χ2n) is 6.65. The third kappa shape index (κ3) is 2.45. The summed E-state index contributed by atoms with van der Waals surface area (Å²) in [6, 6.07) is 33.9. The summed E-state index contributed by atoms with van der Waals surface area (Å²) >= 11 is 0. The van der Waals surface area contributed by atoms with Crippen LogP contribution in [0.5, 0.6) is 0 Å². The number of hydrogen-bond donors (Lipinski definition) is 1. The highest BCUT2D eigenvalue weighted by atomic mass is 31.2. The van der Waals surface area contributed by atoms with Gasteiger partial charge in [0.25, 0.3) is 0 Å². The van der Waals surface area contributed by atoms with E-state index >= 15 is 0 Å². The van der Waals surface area contributed by atoms with Crippen LogP contribution < -0.4 is 15.9 Å². The molecule has 0 radical (unpaired) electrons. The molecule has 0 saturated heterocycles. The Morgan fingerprint density at radius 1 is 0.556 bits per heavy atom. The summed E-state index contributed by atoms with van der Waals surface area (Å²) in [5, 5.41) is 4.82. The quantitative estimate of drug-likeness (QED) is 0.449. The van der Waals surface area contributed by atoms with Gasteiger partial charge in [-0.2, -0.15) is 0 Å². The van der Waals surface area contributed by atoms with Crippen LogP contribution in [-0.4, -0.2) is 4.98 Å². The minimum absolute atomic E-state index is 0.849. The van der Waals surface area contributed by atoms with Crippen LogP contribution in [0.1, 0.15) is 0 Å². The van der Waals surface area contributed by atoms with Gasteiger partial charge in [-0.25, -0.2) is 0 Å². The lowest BCUT2D eigenvalue weighted by atomic mass is 10.1. The number of hydrogen-bond acceptors (Lipinski definition) is 1. The highest BCUT2D eigenvalue weighted by Gasteiger charge is 2.31. The predicted octanol–water partition coefficient (Wildman–Crippen LogP) is 4.96. The molecule has 0 spiro atoms. The number of fused-ring (bicyclic) bond motifs is 3. The van der Waals surface area contributed by atoms with Crippen molar-refractivity contribution in [2.75, 3.05) is 0 Å². The first-order valence-corrected chi connectivity index (χ1v) is 10.7. The van der Waals surface area contributed by atoms with Gasteiger partial charge in [-0.1, -0.05) is 91.0 Å². The van der Waals surface area contributed by atoms with Gasteiger partial charge in [-0.05, 0) is 12.1 Å². The summed E-state index contributed by atoms with van der Waals surface area (Å²) in [6.07, 6.45) is 0. The molecule has 0 aliphatic carbocycles. The maximum absolute atomic E-state index is 14.7. The zero-order chi connectivity index (χ0) is 18.3. The Morgan fingerprint density at radius 2 is 1.11 bits per heavy atom. The molecule has 3 heteroatoms. The number of benzene rings is 4. The van der Waals surface area contributed by atoms with Crippen LogP contribution in [0.2, 0.25) is 0 Å². The van der Waals surface area contributed by atoms with E-state index in [0.29, 0.717) is 0 Å². The number of rotatable bonds is 3. The van der Waals surface area contributed by atoms with E-state index in [0.717, 1.165) is 37.7 Å². The lowest BCUT2D eigenvalue weighted by molar-refractivity contribution is 0.592. The van der Waals surface area contributed by atoms with E-state index < -0.39 is 7.14 Å². The molecule has 1 heterocycles. The number of aromatic amines is 1. The Morgan fingerprint density at radius 3 is 1.78 bits per heavy atom. The molecule has 2 nitrogen and oxygen atoms in total. The number of H-pyrrole nitrogens is 1. The molecule has 5 rings (SSSR count). The number of nitrogens with one attached hydrogen (secondary N) is 1. The van der Waals surface area contributed by atoms with E-state index in [1.54, 1.807) is 0 Å². The zero-order valence-corrected chi connectivity index (χ0v) is 15.6. The van der Waals surface area contributed by atoms with Crippen molar-refractivity contribution in [3.63, 3.8) is 0 Å². The van der Waals surface area contributed by atoms with E-state index in [9.17, 15) is 4.57 Å². The molecule has 4 aromatic carbocycles. The van der Waals surface area contributed by atoms with Crippen molar-refractivity contribution in [2.45, 2.75) is 0 Å². The Balaban J connectivity index is 1.90. The van der Waals surface area contributed by atoms with Crippen molar-refractivity contribution in [1.82, 2.24) is 4.98 Å². The number of para-hydroxylation sites is 2. The SMILES string of the molecule is O=P(c1ccccc1)(c1ccccc1)c1cccc2c1[nH]c1ccccc12. The molecular weight excluding hydrogens is 349 g/mol. The van der Waals surface area contributed by atoms with Crippen LogP contribution in [0.4, 0.5) is 0 Å². The summed E-state index contributed by atoms with van der Waals surface area (Å²) in [6.45, 7) is 0. The highest BCUT2D eigenvalue weighted by Crippen LogP contribution is 2.44. The van der Waals surface area contributed by atoms with Gasteiger partial charge in [0.2, 0.25) is 0 Å². The molecule has 0 fully saturated rings. The largest absolute Gasteiger partial charge is 0.354 e. The Labute approximate surface area is 157 Å². The summed E-state index contributed by atoms with van der Waals surface area (Å²) < 4.78 is 14.7. The summed E-state index contributed by atoms with van der Waals surface area (Å²) in [5.74, 6) is 0. The maximum Gasteiger partial charge on any atom is 0.173 e. The molecule has 0 aliphatic heterocycles. The van der Waals surface area contributed by atoms with Crippen LogP contribution in [0.15, 0.2) is 103 Å². The average Bonchev–Trinajstić information content (AvgIpc) is 3.13. The van der Waals surface area contributed by atoms with Crippen molar-refractivity contribution >= 4 is 44.9 Å². The molecule has 0 bridgehead atoms. The van der Waals surface area contributed by atoms with Gasteiger partial charge >= 0.3 is 0 Å². The molecule has 0 atom stereocenters. The standard InChI is InChI=1S/C24H18NOP/c26-27(18-10-3-1-4-11-18,19-12-5-2-6-13-19)23-17-9-15-21-20-14-7-8-16-22(20)25-24(21)23/h1-17,25H. The Kier molecular flexibility index (Phi) is 3.74. The monoisotopic (exact) mass is 367 g/mol. The Hall–Kier alpha value is -3.09. The van der Waals surface area contributed by atoms with Crippen molar-refractivity contribution in [2.24, 2.45) is 0 Å². The molecule has 0 aliphatic rings. The fourth-order valence-electron chi connectivity index (χ4n) is 3.82. The molecule has 27 heavy (non-hydrogen) atoms. The predicted molar refractivity (Wildman–Crippen MR) is 115 cm³/mol. The van der Waals surface area contributed by atoms with Gasteiger partial charge in [0.1, 0.15) is 0 Å². The summed E-state index contributed by atoms with van der Waals surface area (Å²) in [7, 11) is -3.01. The zero-order valence-electron chi connectivity index (χ0n) is 14.7. The topological polar surface area (TPSA) is 32.9 Å². The minimum atomic E-state index is -3.01. The van der Waals surface area contributed by atoms with E-state index in [-0.39, 0.29) is 0 Å². The van der Waals surface area contributed by atoms with E-state index in [1.165, 1.54) is 0 Å². The molecular formula is C24H18NOP. The fraction of sp³-hybridized carbons (Fsp3) is 0. The lowest BCUT2D eigenvalue weighted by Gasteiger charge is -2.20. The van der Waals surface area contributed by atoms with Gasteiger partial charge in [-0.3, -0.25) is 0 Å². The van der Waals surface area contributed by atoms with Gasteiger partial charge in [0.15, 0.2) is 7.14 Å². The third-order valence-corrected chi connectivity index (χ3v) is 8.20. The summed E-state index contributed by atoms with van der Waals surface area (Å²) in [5.41, 5.74) is 2.02. The fourth-order valence-corrected chi connectivity index (χ4v) is 6.65. The van der Waals surface area contributed by atoms with E-state index in [1.807, 2.05) is 84.9 Å². The summed E-state index contributed by atoms with van der Waals surface area (Å²) in [4.78, 5) is 3.52.